The van der Waals surface area contributed by atoms with Crippen LogP contribution in [0.2, 0.25) is 0 Å². The maximum atomic E-state index is 12.4. The van der Waals surface area contributed by atoms with E-state index in [1.165, 1.54) is 20.3 Å². The fraction of sp³-hybridized carbons (Fsp3) is 0.300. The molecule has 0 aliphatic carbocycles. The highest BCUT2D eigenvalue weighted by Gasteiger charge is 2.13. The van der Waals surface area contributed by atoms with Gasteiger partial charge in [-0.15, -0.1) is 0 Å². The molecule has 7 nitrogen and oxygen atoms in total. The first-order chi connectivity index (χ1) is 13.1. The van der Waals surface area contributed by atoms with E-state index < -0.39 is 5.97 Å². The van der Waals surface area contributed by atoms with Gasteiger partial charge in [0.05, 0.1) is 21.3 Å². The average Bonchev–Trinajstić information content (AvgIpc) is 2.71. The fourth-order valence-electron chi connectivity index (χ4n) is 2.45. The van der Waals surface area contributed by atoms with E-state index in [1.807, 2.05) is 24.3 Å². The number of hydrogen-bond donors (Lipinski definition) is 1. The van der Waals surface area contributed by atoms with E-state index in [9.17, 15) is 9.59 Å². The first-order valence-electron chi connectivity index (χ1n) is 8.36. The van der Waals surface area contributed by atoms with E-state index >= 15 is 0 Å². The first-order valence-corrected chi connectivity index (χ1v) is 8.36. The maximum Gasteiger partial charge on any atom is 0.343 e. The van der Waals surface area contributed by atoms with Crippen LogP contribution in [0.3, 0.4) is 0 Å². The van der Waals surface area contributed by atoms with Gasteiger partial charge in [-0.2, -0.15) is 0 Å². The van der Waals surface area contributed by atoms with E-state index in [-0.39, 0.29) is 12.5 Å². The Morgan fingerprint density at radius 3 is 2.37 bits per heavy atom. The van der Waals surface area contributed by atoms with Gasteiger partial charge < -0.3 is 24.3 Å². The van der Waals surface area contributed by atoms with Crippen molar-refractivity contribution in [1.82, 2.24) is 5.32 Å². The number of methoxy groups -OCH3 is 3. The summed E-state index contributed by atoms with van der Waals surface area (Å²) in [5.74, 6) is 0.721. The summed E-state index contributed by atoms with van der Waals surface area (Å²) in [6, 6.07) is 12.4. The van der Waals surface area contributed by atoms with E-state index in [2.05, 4.69) is 10.1 Å². The predicted molar refractivity (Wildman–Crippen MR) is 99.5 cm³/mol. The molecule has 0 unspecified atom stereocenters. The van der Waals surface area contributed by atoms with Crippen molar-refractivity contribution in [2.75, 3.05) is 34.5 Å². The maximum absolute atomic E-state index is 12.4. The molecular weight excluding hydrogens is 350 g/mol. The summed E-state index contributed by atoms with van der Waals surface area (Å²) in [5.41, 5.74) is 1.41. The van der Waals surface area contributed by atoms with Gasteiger partial charge in [0.25, 0.3) is 5.91 Å². The van der Waals surface area contributed by atoms with E-state index in [4.69, 9.17) is 14.2 Å². The number of rotatable bonds is 9. The quantitative estimate of drug-likeness (QED) is 0.679. The molecule has 0 radical (unpaired) electrons. The molecule has 1 N–H and O–H groups in total. The normalized spacial score (nSPS) is 10.0. The zero-order chi connectivity index (χ0) is 19.6. The van der Waals surface area contributed by atoms with Crippen molar-refractivity contribution < 1.29 is 28.5 Å². The summed E-state index contributed by atoms with van der Waals surface area (Å²) in [6.45, 7) is 0.176. The number of benzene rings is 2. The van der Waals surface area contributed by atoms with Gasteiger partial charge in [0.2, 0.25) is 0 Å². The number of esters is 1. The molecule has 0 aliphatic rings. The van der Waals surface area contributed by atoms with Crippen LogP contribution in [0.4, 0.5) is 0 Å². The van der Waals surface area contributed by atoms with E-state index in [0.29, 0.717) is 30.0 Å². The third-order valence-electron chi connectivity index (χ3n) is 3.87. The van der Waals surface area contributed by atoms with Crippen LogP contribution >= 0.6 is 0 Å². The van der Waals surface area contributed by atoms with E-state index in [1.54, 1.807) is 19.2 Å². The third-order valence-corrected chi connectivity index (χ3v) is 3.87. The Labute approximate surface area is 158 Å². The fourth-order valence-corrected chi connectivity index (χ4v) is 2.45. The van der Waals surface area contributed by atoms with Gasteiger partial charge in [-0.05, 0) is 36.2 Å². The highest BCUT2D eigenvalue weighted by molar-refractivity contribution is 5.94. The van der Waals surface area contributed by atoms with Gasteiger partial charge in [-0.25, -0.2) is 4.79 Å². The minimum absolute atomic E-state index is 0.254. The first kappa shape index (κ1) is 20.1. The lowest BCUT2D eigenvalue weighted by Crippen LogP contribution is -2.26. The number of para-hydroxylation sites is 1. The zero-order valence-electron chi connectivity index (χ0n) is 15.6. The van der Waals surface area contributed by atoms with Crippen molar-refractivity contribution >= 4 is 11.9 Å². The molecule has 0 spiro atoms. The van der Waals surface area contributed by atoms with Crippen molar-refractivity contribution in [3.05, 3.63) is 53.6 Å². The number of hydrogen-bond acceptors (Lipinski definition) is 6. The Hall–Kier alpha value is -3.22. The van der Waals surface area contributed by atoms with Crippen molar-refractivity contribution in [2.24, 2.45) is 0 Å². The lowest BCUT2D eigenvalue weighted by Gasteiger charge is -2.12. The van der Waals surface area contributed by atoms with Gasteiger partial charge in [-0.1, -0.05) is 18.2 Å². The van der Waals surface area contributed by atoms with Gasteiger partial charge >= 0.3 is 5.97 Å². The zero-order valence-corrected chi connectivity index (χ0v) is 15.6. The second kappa shape index (κ2) is 10.1. The van der Waals surface area contributed by atoms with Gasteiger partial charge in [0.1, 0.15) is 5.75 Å². The minimum atomic E-state index is -0.524. The highest BCUT2D eigenvalue weighted by atomic mass is 16.6. The molecule has 0 atom stereocenters. The number of ether oxygens (including phenoxy) is 4. The van der Waals surface area contributed by atoms with Crippen LogP contribution in [0.1, 0.15) is 15.9 Å². The number of carbonyl (C=O) groups excluding carboxylic acids is 2. The van der Waals surface area contributed by atoms with Crippen molar-refractivity contribution in [3.63, 3.8) is 0 Å². The van der Waals surface area contributed by atoms with Crippen LogP contribution in [0.15, 0.2) is 42.5 Å². The molecule has 7 heteroatoms. The summed E-state index contributed by atoms with van der Waals surface area (Å²) in [4.78, 5) is 23.7. The largest absolute Gasteiger partial charge is 0.496 e. The number of nitrogens with one attached hydrogen (secondary N) is 1. The molecule has 0 bridgehead atoms. The lowest BCUT2D eigenvalue weighted by atomic mass is 10.1. The molecular formula is C20H23NO6. The van der Waals surface area contributed by atoms with Crippen molar-refractivity contribution in [2.45, 2.75) is 6.42 Å². The summed E-state index contributed by atoms with van der Waals surface area (Å²) in [5, 5.41) is 2.86. The topological polar surface area (TPSA) is 83.1 Å². The van der Waals surface area contributed by atoms with Crippen LogP contribution in [0.25, 0.3) is 0 Å². The predicted octanol–water partition coefficient (Wildman–Crippen LogP) is 2.23. The molecule has 0 saturated heterocycles. The molecule has 0 aliphatic heterocycles. The molecule has 2 aromatic carbocycles. The van der Waals surface area contributed by atoms with E-state index in [0.717, 1.165) is 11.3 Å². The number of carbonyl (C=O) groups is 2. The van der Waals surface area contributed by atoms with Crippen molar-refractivity contribution in [1.29, 1.82) is 0 Å². The molecule has 27 heavy (non-hydrogen) atoms. The average molecular weight is 373 g/mol. The Kier molecular flexibility index (Phi) is 7.49. The second-order valence-corrected chi connectivity index (χ2v) is 5.55. The van der Waals surface area contributed by atoms with Gasteiger partial charge in [-0.3, -0.25) is 4.79 Å². The Morgan fingerprint density at radius 2 is 1.67 bits per heavy atom. The smallest absolute Gasteiger partial charge is 0.343 e. The second-order valence-electron chi connectivity index (χ2n) is 5.55. The van der Waals surface area contributed by atoms with Crippen LogP contribution in [0.5, 0.6) is 17.2 Å². The lowest BCUT2D eigenvalue weighted by molar-refractivity contribution is -0.142. The third kappa shape index (κ3) is 5.64. The van der Waals surface area contributed by atoms with Gasteiger partial charge in [0.15, 0.2) is 18.1 Å². The molecule has 0 aromatic heterocycles. The highest BCUT2D eigenvalue weighted by Crippen LogP contribution is 2.28. The summed E-state index contributed by atoms with van der Waals surface area (Å²) >= 11 is 0. The minimum Gasteiger partial charge on any atom is -0.496 e. The summed E-state index contributed by atoms with van der Waals surface area (Å²) in [7, 11) is 4.37. The molecule has 0 saturated carbocycles. The van der Waals surface area contributed by atoms with Gasteiger partial charge in [0, 0.05) is 12.1 Å². The Morgan fingerprint density at radius 1 is 0.926 bits per heavy atom. The molecule has 1 amide bonds. The molecule has 144 valence electrons. The standard InChI is InChI=1S/C20H23NO6/c1-24-16-7-5-4-6-14(16)10-11-21-20(23)15-8-9-17(25-2)18(12-15)27-13-19(22)26-3/h4-9,12H,10-11,13H2,1-3H3,(H,21,23). The van der Waals surface area contributed by atoms with Crippen LogP contribution < -0.4 is 19.5 Å². The Bertz CT molecular complexity index is 790. The molecule has 0 fully saturated rings. The summed E-state index contributed by atoms with van der Waals surface area (Å²) in [6.07, 6.45) is 0.637. The SMILES string of the molecule is COC(=O)COc1cc(C(=O)NCCc2ccccc2OC)ccc1OC. The molecule has 2 aromatic rings. The molecule has 2 rings (SSSR count). The monoisotopic (exact) mass is 373 g/mol. The van der Waals surface area contributed by atoms with Crippen LogP contribution in [-0.2, 0) is 16.0 Å². The van der Waals surface area contributed by atoms with Crippen LogP contribution in [0, 0.1) is 0 Å². The summed E-state index contributed by atoms with van der Waals surface area (Å²) < 4.78 is 20.4. The van der Waals surface area contributed by atoms with Crippen LogP contribution in [-0.4, -0.2) is 46.4 Å². The molecule has 0 heterocycles. The Balaban J connectivity index is 1.99. The van der Waals surface area contributed by atoms with Crippen molar-refractivity contribution in [3.8, 4) is 17.2 Å². The number of amides is 1.